The van der Waals surface area contributed by atoms with Gasteiger partial charge in [-0.3, -0.25) is 0 Å². The number of hydrogen-bond acceptors (Lipinski definition) is 8. The molecule has 0 bridgehead atoms. The molecule has 2 saturated heterocycles. The Morgan fingerprint density at radius 2 is 0.975 bits per heavy atom. The van der Waals surface area contributed by atoms with E-state index in [4.69, 9.17) is 9.47 Å². The number of nitrogens with zero attached hydrogens (tertiary/aromatic N) is 4. The Labute approximate surface area is 235 Å². The molecule has 0 unspecified atom stereocenters. The minimum Gasteiger partial charge on any atom is -0.458 e. The number of benzene rings is 2. The van der Waals surface area contributed by atoms with Gasteiger partial charge in [-0.2, -0.15) is 10.5 Å². The lowest BCUT2D eigenvalue weighted by Crippen LogP contribution is -2.29. The molecule has 2 aliphatic heterocycles. The first-order valence-corrected chi connectivity index (χ1v) is 13.9. The molecule has 2 aromatic rings. The molecule has 0 saturated carbocycles. The molecular formula is C32H34N4O4. The summed E-state index contributed by atoms with van der Waals surface area (Å²) in [5, 5.41) is 18.9. The molecule has 0 spiro atoms. The van der Waals surface area contributed by atoms with E-state index in [2.05, 4.69) is 9.80 Å². The molecule has 2 fully saturated rings. The largest absolute Gasteiger partial charge is 0.458 e. The van der Waals surface area contributed by atoms with E-state index < -0.39 is 11.9 Å². The summed E-state index contributed by atoms with van der Waals surface area (Å²) in [6.07, 6.45) is 10.2. The van der Waals surface area contributed by atoms with Gasteiger partial charge < -0.3 is 19.3 Å². The lowest BCUT2D eigenvalue weighted by molar-refractivity contribution is -0.146. The third kappa shape index (κ3) is 7.97. The number of carbonyl (C=O) groups excluding carboxylic acids is 2. The SMILES string of the molecule is N#CC(=Cc1ccc(N2CCCCC2)cc1)C(=O)OCCOC(=O)C(C#N)=Cc1ccc(N2CCCCC2)cc1. The Kier molecular flexibility index (Phi) is 10.4. The number of ether oxygens (including phenoxy) is 2. The normalized spacial score (nSPS) is 16.1. The Morgan fingerprint density at radius 1 is 0.625 bits per heavy atom. The summed E-state index contributed by atoms with van der Waals surface area (Å²) < 4.78 is 10.2. The van der Waals surface area contributed by atoms with Crippen molar-refractivity contribution in [1.29, 1.82) is 10.5 Å². The number of anilines is 2. The second kappa shape index (κ2) is 14.6. The van der Waals surface area contributed by atoms with Crippen molar-refractivity contribution < 1.29 is 19.1 Å². The maximum absolute atomic E-state index is 12.4. The molecule has 8 nitrogen and oxygen atoms in total. The number of rotatable bonds is 9. The Balaban J connectivity index is 1.25. The van der Waals surface area contributed by atoms with Crippen LogP contribution in [0.3, 0.4) is 0 Å². The number of esters is 2. The Hall–Kier alpha value is -4.56. The van der Waals surface area contributed by atoms with Gasteiger partial charge in [0.15, 0.2) is 0 Å². The highest BCUT2D eigenvalue weighted by Gasteiger charge is 2.15. The summed E-state index contributed by atoms with van der Waals surface area (Å²) in [7, 11) is 0. The fourth-order valence-corrected chi connectivity index (χ4v) is 4.90. The van der Waals surface area contributed by atoms with Crippen molar-refractivity contribution in [1.82, 2.24) is 0 Å². The van der Waals surface area contributed by atoms with Crippen molar-refractivity contribution in [3.63, 3.8) is 0 Å². The van der Waals surface area contributed by atoms with Gasteiger partial charge in [-0.1, -0.05) is 24.3 Å². The van der Waals surface area contributed by atoms with Gasteiger partial charge >= 0.3 is 11.9 Å². The predicted octanol–water partition coefficient (Wildman–Crippen LogP) is 5.27. The summed E-state index contributed by atoms with van der Waals surface area (Å²) in [4.78, 5) is 29.4. The van der Waals surface area contributed by atoms with Crippen LogP contribution >= 0.6 is 0 Å². The molecule has 0 amide bonds. The van der Waals surface area contributed by atoms with E-state index in [1.807, 2.05) is 60.7 Å². The van der Waals surface area contributed by atoms with E-state index in [0.717, 1.165) is 37.6 Å². The van der Waals surface area contributed by atoms with Gasteiger partial charge in [0.1, 0.15) is 36.5 Å². The number of piperidine rings is 2. The van der Waals surface area contributed by atoms with E-state index >= 15 is 0 Å². The topological polar surface area (TPSA) is 107 Å². The van der Waals surface area contributed by atoms with Gasteiger partial charge in [-0.05, 0) is 86.1 Å². The lowest BCUT2D eigenvalue weighted by Gasteiger charge is -2.28. The molecule has 0 aliphatic carbocycles. The number of nitriles is 2. The van der Waals surface area contributed by atoms with Crippen LogP contribution < -0.4 is 9.80 Å². The second-order valence-electron chi connectivity index (χ2n) is 9.89. The van der Waals surface area contributed by atoms with Crippen molar-refractivity contribution in [2.75, 3.05) is 49.2 Å². The van der Waals surface area contributed by atoms with Crippen LogP contribution in [0.15, 0.2) is 59.7 Å². The molecule has 0 N–H and O–H groups in total. The van der Waals surface area contributed by atoms with Crippen LogP contribution in [0.5, 0.6) is 0 Å². The molecule has 0 aromatic heterocycles. The van der Waals surface area contributed by atoms with Crippen molar-refractivity contribution >= 4 is 35.5 Å². The van der Waals surface area contributed by atoms with E-state index in [1.54, 1.807) is 0 Å². The molecule has 0 atom stereocenters. The quantitative estimate of drug-likeness (QED) is 0.184. The van der Waals surface area contributed by atoms with Crippen molar-refractivity contribution in [2.45, 2.75) is 38.5 Å². The van der Waals surface area contributed by atoms with Crippen molar-refractivity contribution in [3.05, 3.63) is 70.8 Å². The Bertz CT molecular complexity index is 1200. The molecule has 206 valence electrons. The summed E-state index contributed by atoms with van der Waals surface area (Å²) >= 11 is 0. The van der Waals surface area contributed by atoms with Crippen LogP contribution in [0.4, 0.5) is 11.4 Å². The molecule has 2 aliphatic rings. The Morgan fingerprint density at radius 3 is 1.30 bits per heavy atom. The molecular weight excluding hydrogens is 504 g/mol. The van der Waals surface area contributed by atoms with E-state index in [1.165, 1.54) is 50.7 Å². The number of carbonyl (C=O) groups is 2. The monoisotopic (exact) mass is 538 g/mol. The minimum absolute atomic E-state index is 0.150. The second-order valence-corrected chi connectivity index (χ2v) is 9.89. The highest BCUT2D eigenvalue weighted by atomic mass is 16.6. The average Bonchev–Trinajstić information content (AvgIpc) is 3.02. The van der Waals surface area contributed by atoms with Gasteiger partial charge in [0.2, 0.25) is 0 Å². The van der Waals surface area contributed by atoms with Crippen LogP contribution in [-0.2, 0) is 19.1 Å². The fraction of sp³-hybridized carbons (Fsp3) is 0.375. The highest BCUT2D eigenvalue weighted by Crippen LogP contribution is 2.22. The lowest BCUT2D eigenvalue weighted by atomic mass is 10.1. The van der Waals surface area contributed by atoms with Crippen molar-refractivity contribution in [2.24, 2.45) is 0 Å². The first kappa shape index (κ1) is 28.4. The maximum Gasteiger partial charge on any atom is 0.349 e. The fourth-order valence-electron chi connectivity index (χ4n) is 4.90. The van der Waals surface area contributed by atoms with E-state index in [0.29, 0.717) is 11.1 Å². The molecule has 8 heteroatoms. The van der Waals surface area contributed by atoms with Gasteiger partial charge in [0.25, 0.3) is 0 Å². The molecule has 2 heterocycles. The standard InChI is InChI=1S/C32H34N4O4/c33-23-27(21-25-7-11-29(12-8-25)35-15-3-1-4-16-35)31(37)39-19-20-40-32(38)28(24-34)22-26-9-13-30(14-10-26)36-17-5-2-6-18-36/h7-14,21-22H,1-6,15-20H2. The van der Waals surface area contributed by atoms with Gasteiger partial charge in [0, 0.05) is 37.6 Å². The average molecular weight is 539 g/mol. The van der Waals surface area contributed by atoms with Gasteiger partial charge in [0.05, 0.1) is 0 Å². The third-order valence-corrected chi connectivity index (χ3v) is 7.08. The minimum atomic E-state index is -0.802. The maximum atomic E-state index is 12.4. The van der Waals surface area contributed by atoms with Gasteiger partial charge in [-0.15, -0.1) is 0 Å². The van der Waals surface area contributed by atoms with Crippen LogP contribution in [0.1, 0.15) is 49.7 Å². The van der Waals surface area contributed by atoms with Crippen molar-refractivity contribution in [3.8, 4) is 12.1 Å². The van der Waals surface area contributed by atoms with Gasteiger partial charge in [-0.25, -0.2) is 9.59 Å². The zero-order valence-corrected chi connectivity index (χ0v) is 22.7. The summed E-state index contributed by atoms with van der Waals surface area (Å²) in [6.45, 7) is 3.67. The molecule has 40 heavy (non-hydrogen) atoms. The molecule has 0 radical (unpaired) electrons. The van der Waals surface area contributed by atoms with Crippen LogP contribution in [0.2, 0.25) is 0 Å². The molecule has 2 aromatic carbocycles. The summed E-state index contributed by atoms with van der Waals surface area (Å²) in [5.41, 5.74) is 3.38. The first-order chi connectivity index (χ1) is 19.6. The zero-order valence-electron chi connectivity index (χ0n) is 22.7. The number of hydrogen-bond donors (Lipinski definition) is 0. The third-order valence-electron chi connectivity index (χ3n) is 7.08. The van der Waals surface area contributed by atoms with E-state index in [9.17, 15) is 20.1 Å². The molecule has 4 rings (SSSR count). The highest BCUT2D eigenvalue weighted by molar-refractivity contribution is 5.98. The first-order valence-electron chi connectivity index (χ1n) is 13.9. The predicted molar refractivity (Wildman–Crippen MR) is 154 cm³/mol. The summed E-state index contributed by atoms with van der Waals surface area (Å²) in [5.74, 6) is -1.60. The van der Waals surface area contributed by atoms with Crippen LogP contribution in [0.25, 0.3) is 12.2 Å². The smallest absolute Gasteiger partial charge is 0.349 e. The van der Waals surface area contributed by atoms with E-state index in [-0.39, 0.29) is 24.4 Å². The summed E-state index contributed by atoms with van der Waals surface area (Å²) in [6, 6.07) is 19.2. The zero-order chi connectivity index (χ0) is 28.2. The van der Waals surface area contributed by atoms with Crippen LogP contribution in [0, 0.1) is 22.7 Å². The van der Waals surface area contributed by atoms with Crippen LogP contribution in [-0.4, -0.2) is 51.3 Å².